The van der Waals surface area contributed by atoms with Crippen LogP contribution >= 0.6 is 0 Å². The first kappa shape index (κ1) is 18.5. The molecule has 5 heteroatoms. The average molecular weight is 360 g/mol. The van der Waals surface area contributed by atoms with Gasteiger partial charge in [-0.3, -0.25) is 4.98 Å². The summed E-state index contributed by atoms with van der Waals surface area (Å²) < 4.78 is 6.00. The lowest BCUT2D eigenvalue weighted by molar-refractivity contribution is 0.476. The van der Waals surface area contributed by atoms with Crippen molar-refractivity contribution in [3.8, 4) is 11.5 Å². The Morgan fingerprint density at radius 3 is 2.59 bits per heavy atom. The first-order chi connectivity index (χ1) is 13.2. The minimum absolute atomic E-state index is 0.413. The first-order valence-corrected chi connectivity index (χ1v) is 8.97. The summed E-state index contributed by atoms with van der Waals surface area (Å²) in [7, 11) is 0. The van der Waals surface area contributed by atoms with Crippen molar-refractivity contribution in [1.82, 2.24) is 10.3 Å². The zero-order valence-corrected chi connectivity index (χ0v) is 15.4. The molecule has 0 saturated carbocycles. The Morgan fingerprint density at radius 2 is 1.81 bits per heavy atom. The summed E-state index contributed by atoms with van der Waals surface area (Å²) in [5.74, 6) is 2.00. The predicted octanol–water partition coefficient (Wildman–Crippen LogP) is 3.83. The van der Waals surface area contributed by atoms with Crippen LogP contribution in [0, 0.1) is 6.92 Å². The van der Waals surface area contributed by atoms with E-state index >= 15 is 0 Å². The van der Waals surface area contributed by atoms with Gasteiger partial charge in [-0.15, -0.1) is 0 Å². The van der Waals surface area contributed by atoms with Crippen molar-refractivity contribution in [2.75, 3.05) is 6.54 Å². The molecule has 0 bridgehead atoms. The molecule has 0 atom stereocenters. The lowest BCUT2D eigenvalue weighted by Crippen LogP contribution is -2.33. The van der Waals surface area contributed by atoms with E-state index in [0.29, 0.717) is 19.0 Å². The maximum absolute atomic E-state index is 6.00. The van der Waals surface area contributed by atoms with Gasteiger partial charge < -0.3 is 15.8 Å². The van der Waals surface area contributed by atoms with Crippen molar-refractivity contribution in [3.63, 3.8) is 0 Å². The fourth-order valence-electron chi connectivity index (χ4n) is 2.56. The highest BCUT2D eigenvalue weighted by atomic mass is 16.5. The molecule has 3 rings (SSSR count). The third-order valence-electron chi connectivity index (χ3n) is 4.05. The number of aromatic nitrogens is 1. The number of nitrogens with one attached hydrogen (secondary N) is 1. The van der Waals surface area contributed by atoms with Gasteiger partial charge in [-0.25, -0.2) is 4.99 Å². The van der Waals surface area contributed by atoms with Gasteiger partial charge in [0.2, 0.25) is 0 Å². The number of pyridine rings is 1. The second-order valence-electron chi connectivity index (χ2n) is 6.22. The molecule has 3 N–H and O–H groups in total. The van der Waals surface area contributed by atoms with Crippen molar-refractivity contribution in [2.45, 2.75) is 19.9 Å². The molecule has 2 aromatic carbocycles. The third kappa shape index (κ3) is 5.85. The molecule has 0 aliphatic rings. The van der Waals surface area contributed by atoms with Crippen molar-refractivity contribution in [2.24, 2.45) is 10.7 Å². The van der Waals surface area contributed by atoms with E-state index in [-0.39, 0.29) is 0 Å². The normalized spacial score (nSPS) is 11.2. The van der Waals surface area contributed by atoms with Crippen LogP contribution in [-0.2, 0) is 13.0 Å². The number of guanidine groups is 1. The van der Waals surface area contributed by atoms with E-state index in [1.54, 1.807) is 6.20 Å². The molecule has 1 aromatic heterocycles. The fourth-order valence-corrected chi connectivity index (χ4v) is 2.56. The van der Waals surface area contributed by atoms with E-state index in [1.165, 1.54) is 5.56 Å². The standard InChI is InChI=1S/C22H24N4O/c1-17-9-11-20(12-10-17)27-21-8-3-2-6-18(21)16-26-22(23)25-15-13-19-7-4-5-14-24-19/h2-12,14H,13,15-16H2,1H3,(H3,23,25,26). The second kappa shape index (κ2) is 9.38. The number of hydrogen-bond donors (Lipinski definition) is 2. The van der Waals surface area contributed by atoms with Gasteiger partial charge in [0.25, 0.3) is 0 Å². The quantitative estimate of drug-likeness (QED) is 0.496. The van der Waals surface area contributed by atoms with Crippen LogP contribution in [-0.4, -0.2) is 17.5 Å². The minimum atomic E-state index is 0.413. The van der Waals surface area contributed by atoms with Gasteiger partial charge in [0.1, 0.15) is 11.5 Å². The number of para-hydroxylation sites is 1. The van der Waals surface area contributed by atoms with E-state index in [9.17, 15) is 0 Å². The van der Waals surface area contributed by atoms with Gasteiger partial charge in [0.05, 0.1) is 6.54 Å². The Hall–Kier alpha value is -3.34. The molecule has 0 aliphatic carbocycles. The molecule has 0 unspecified atom stereocenters. The number of hydrogen-bond acceptors (Lipinski definition) is 3. The monoisotopic (exact) mass is 360 g/mol. The highest BCUT2D eigenvalue weighted by Crippen LogP contribution is 2.26. The van der Waals surface area contributed by atoms with Gasteiger partial charge in [0.15, 0.2) is 5.96 Å². The summed E-state index contributed by atoms with van der Waals surface area (Å²) in [5, 5.41) is 3.12. The molecule has 138 valence electrons. The number of aryl methyl sites for hydroxylation is 1. The van der Waals surface area contributed by atoms with E-state index in [0.717, 1.165) is 29.2 Å². The summed E-state index contributed by atoms with van der Waals surface area (Å²) in [6.07, 6.45) is 2.59. The lowest BCUT2D eigenvalue weighted by atomic mass is 10.2. The molecule has 1 heterocycles. The van der Waals surface area contributed by atoms with Crippen LogP contribution in [0.15, 0.2) is 77.9 Å². The molecule has 0 fully saturated rings. The predicted molar refractivity (Wildman–Crippen MR) is 109 cm³/mol. The number of nitrogens with two attached hydrogens (primary N) is 1. The van der Waals surface area contributed by atoms with E-state index in [4.69, 9.17) is 10.5 Å². The number of rotatable bonds is 7. The zero-order valence-electron chi connectivity index (χ0n) is 15.4. The van der Waals surface area contributed by atoms with Crippen molar-refractivity contribution < 1.29 is 4.74 Å². The highest BCUT2D eigenvalue weighted by Gasteiger charge is 2.04. The molecular formula is C22H24N4O. The fraction of sp³-hybridized carbons (Fsp3) is 0.182. The molecule has 0 saturated heterocycles. The van der Waals surface area contributed by atoms with E-state index in [2.05, 4.69) is 22.2 Å². The molecule has 0 spiro atoms. The average Bonchev–Trinajstić information content (AvgIpc) is 2.70. The SMILES string of the molecule is Cc1ccc(Oc2ccccc2CN=C(N)NCCc2ccccn2)cc1. The van der Waals surface area contributed by atoms with Crippen LogP contribution < -0.4 is 15.8 Å². The summed E-state index contributed by atoms with van der Waals surface area (Å²) >= 11 is 0. The van der Waals surface area contributed by atoms with Crippen molar-refractivity contribution in [3.05, 3.63) is 89.7 Å². The Labute approximate surface area is 159 Å². The smallest absolute Gasteiger partial charge is 0.188 e. The van der Waals surface area contributed by atoms with E-state index in [1.807, 2.05) is 66.7 Å². The number of benzene rings is 2. The van der Waals surface area contributed by atoms with Crippen LogP contribution in [0.2, 0.25) is 0 Å². The van der Waals surface area contributed by atoms with Crippen LogP contribution in [0.5, 0.6) is 11.5 Å². The van der Waals surface area contributed by atoms with Crippen LogP contribution in [0.25, 0.3) is 0 Å². The number of aliphatic imine (C=N–C) groups is 1. The Kier molecular flexibility index (Phi) is 6.41. The molecule has 5 nitrogen and oxygen atoms in total. The topological polar surface area (TPSA) is 72.5 Å². The molecular weight excluding hydrogens is 336 g/mol. The maximum Gasteiger partial charge on any atom is 0.188 e. The number of nitrogens with zero attached hydrogens (tertiary/aromatic N) is 2. The molecule has 0 aliphatic heterocycles. The second-order valence-corrected chi connectivity index (χ2v) is 6.22. The summed E-state index contributed by atoms with van der Waals surface area (Å²) in [5.41, 5.74) is 9.18. The van der Waals surface area contributed by atoms with Gasteiger partial charge in [-0.05, 0) is 37.3 Å². The maximum atomic E-state index is 6.00. The van der Waals surface area contributed by atoms with Crippen molar-refractivity contribution in [1.29, 1.82) is 0 Å². The molecule has 0 radical (unpaired) electrons. The summed E-state index contributed by atoms with van der Waals surface area (Å²) in [6.45, 7) is 3.19. The molecule has 27 heavy (non-hydrogen) atoms. The summed E-state index contributed by atoms with van der Waals surface area (Å²) in [4.78, 5) is 8.71. The molecule has 3 aromatic rings. The van der Waals surface area contributed by atoms with Crippen LogP contribution in [0.1, 0.15) is 16.8 Å². The molecule has 0 amide bonds. The Morgan fingerprint density at radius 1 is 1.04 bits per heavy atom. The zero-order chi connectivity index (χ0) is 18.9. The van der Waals surface area contributed by atoms with Gasteiger partial charge in [-0.1, -0.05) is 42.0 Å². The summed E-state index contributed by atoms with van der Waals surface area (Å²) in [6, 6.07) is 21.7. The Balaban J connectivity index is 1.56. The van der Waals surface area contributed by atoms with Crippen molar-refractivity contribution >= 4 is 5.96 Å². The van der Waals surface area contributed by atoms with E-state index < -0.39 is 0 Å². The largest absolute Gasteiger partial charge is 0.457 e. The van der Waals surface area contributed by atoms with Crippen LogP contribution in [0.3, 0.4) is 0 Å². The van der Waals surface area contributed by atoms with Gasteiger partial charge in [0, 0.05) is 30.4 Å². The van der Waals surface area contributed by atoms with Crippen LogP contribution in [0.4, 0.5) is 0 Å². The Bertz CT molecular complexity index is 876. The number of ether oxygens (including phenoxy) is 1. The van der Waals surface area contributed by atoms with Gasteiger partial charge in [-0.2, -0.15) is 0 Å². The minimum Gasteiger partial charge on any atom is -0.457 e. The first-order valence-electron chi connectivity index (χ1n) is 8.97. The van der Waals surface area contributed by atoms with Gasteiger partial charge >= 0.3 is 0 Å². The third-order valence-corrected chi connectivity index (χ3v) is 4.05. The lowest BCUT2D eigenvalue weighted by Gasteiger charge is -2.11. The highest BCUT2D eigenvalue weighted by molar-refractivity contribution is 5.77.